The van der Waals surface area contributed by atoms with Crippen LogP contribution in [0.4, 0.5) is 0 Å². The molecular formula is C14H22N2O2. The van der Waals surface area contributed by atoms with Crippen molar-refractivity contribution < 1.29 is 9.90 Å². The van der Waals surface area contributed by atoms with Crippen molar-refractivity contribution in [3.05, 3.63) is 22.8 Å². The van der Waals surface area contributed by atoms with Crippen LogP contribution in [0.5, 0.6) is 0 Å². The third-order valence-corrected chi connectivity index (χ3v) is 3.00. The van der Waals surface area contributed by atoms with Gasteiger partial charge >= 0.3 is 5.97 Å². The van der Waals surface area contributed by atoms with E-state index in [0.717, 1.165) is 35.6 Å². The summed E-state index contributed by atoms with van der Waals surface area (Å²) in [6, 6.07) is 0. The Morgan fingerprint density at radius 2 is 1.72 bits per heavy atom. The van der Waals surface area contributed by atoms with Crippen molar-refractivity contribution in [2.45, 2.75) is 53.4 Å². The van der Waals surface area contributed by atoms with E-state index in [0.29, 0.717) is 12.3 Å². The van der Waals surface area contributed by atoms with Crippen LogP contribution in [0.15, 0.2) is 0 Å². The molecular weight excluding hydrogens is 228 g/mol. The number of aromatic nitrogens is 2. The molecule has 4 heteroatoms. The van der Waals surface area contributed by atoms with E-state index in [1.165, 1.54) is 0 Å². The van der Waals surface area contributed by atoms with Crippen LogP contribution >= 0.6 is 0 Å². The van der Waals surface area contributed by atoms with Gasteiger partial charge in [0.2, 0.25) is 0 Å². The van der Waals surface area contributed by atoms with Crippen LogP contribution in [0.2, 0.25) is 0 Å². The van der Waals surface area contributed by atoms with E-state index in [-0.39, 0.29) is 6.42 Å². The van der Waals surface area contributed by atoms with Crippen LogP contribution in [0.1, 0.15) is 49.5 Å². The fourth-order valence-corrected chi connectivity index (χ4v) is 1.93. The normalized spacial score (nSPS) is 10.9. The number of hydrogen-bond acceptors (Lipinski definition) is 3. The Balaban J connectivity index is 2.80. The van der Waals surface area contributed by atoms with Crippen LogP contribution in [0.25, 0.3) is 0 Å². The van der Waals surface area contributed by atoms with E-state index in [1.54, 1.807) is 0 Å². The number of carboxylic acid groups (broad SMARTS) is 1. The third kappa shape index (κ3) is 4.43. The fraction of sp³-hybridized carbons (Fsp3) is 0.643. The van der Waals surface area contributed by atoms with E-state index < -0.39 is 5.97 Å². The van der Waals surface area contributed by atoms with Crippen LogP contribution in [-0.2, 0) is 17.6 Å². The van der Waals surface area contributed by atoms with Gasteiger partial charge in [0.1, 0.15) is 5.82 Å². The third-order valence-electron chi connectivity index (χ3n) is 3.00. The first-order valence-electron chi connectivity index (χ1n) is 6.45. The monoisotopic (exact) mass is 250 g/mol. The summed E-state index contributed by atoms with van der Waals surface area (Å²) in [6.07, 6.45) is 2.61. The van der Waals surface area contributed by atoms with Gasteiger partial charge in [-0.15, -0.1) is 0 Å². The Morgan fingerprint density at radius 3 is 2.17 bits per heavy atom. The zero-order valence-corrected chi connectivity index (χ0v) is 11.7. The van der Waals surface area contributed by atoms with Gasteiger partial charge in [0.05, 0.1) is 0 Å². The first-order valence-corrected chi connectivity index (χ1v) is 6.45. The Morgan fingerprint density at radius 1 is 1.17 bits per heavy atom. The maximum Gasteiger partial charge on any atom is 0.303 e. The molecule has 18 heavy (non-hydrogen) atoms. The summed E-state index contributed by atoms with van der Waals surface area (Å²) in [5.41, 5.74) is 2.82. The molecule has 0 fully saturated rings. The molecule has 0 atom stereocenters. The molecule has 4 nitrogen and oxygen atoms in total. The molecule has 0 saturated heterocycles. The van der Waals surface area contributed by atoms with Gasteiger partial charge < -0.3 is 5.11 Å². The van der Waals surface area contributed by atoms with Crippen molar-refractivity contribution in [3.63, 3.8) is 0 Å². The van der Waals surface area contributed by atoms with Gasteiger partial charge in [-0.05, 0) is 38.2 Å². The zero-order valence-electron chi connectivity index (χ0n) is 11.7. The van der Waals surface area contributed by atoms with Gasteiger partial charge in [-0.2, -0.15) is 0 Å². The quantitative estimate of drug-likeness (QED) is 0.843. The van der Waals surface area contributed by atoms with Gasteiger partial charge in [-0.3, -0.25) is 4.79 Å². The zero-order chi connectivity index (χ0) is 13.7. The number of aliphatic carboxylic acids is 1. The summed E-state index contributed by atoms with van der Waals surface area (Å²) in [5, 5.41) is 8.72. The number of nitrogens with zero attached hydrogens (tertiary/aromatic N) is 2. The molecule has 1 aromatic rings. The molecule has 0 bridgehead atoms. The van der Waals surface area contributed by atoms with Crippen LogP contribution in [0, 0.1) is 19.8 Å². The fourth-order valence-electron chi connectivity index (χ4n) is 1.93. The molecule has 0 spiro atoms. The summed E-state index contributed by atoms with van der Waals surface area (Å²) in [6.45, 7) is 8.23. The molecule has 0 saturated carbocycles. The van der Waals surface area contributed by atoms with Crippen LogP contribution in [-0.4, -0.2) is 21.0 Å². The summed E-state index contributed by atoms with van der Waals surface area (Å²) in [5.74, 6) is 0.733. The van der Waals surface area contributed by atoms with E-state index >= 15 is 0 Å². The second-order valence-corrected chi connectivity index (χ2v) is 5.12. The lowest BCUT2D eigenvalue weighted by molar-refractivity contribution is -0.136. The molecule has 0 amide bonds. The van der Waals surface area contributed by atoms with E-state index in [4.69, 9.17) is 5.11 Å². The van der Waals surface area contributed by atoms with Gasteiger partial charge in [-0.25, -0.2) is 9.97 Å². The standard InChI is InChI=1S/C14H22N2O2/c1-9(2)5-7-13-15-10(3)12(11(4)16-13)6-8-14(17)18/h9H,5-8H2,1-4H3,(H,17,18). The van der Waals surface area contributed by atoms with Crippen molar-refractivity contribution >= 4 is 5.97 Å². The number of hydrogen-bond donors (Lipinski definition) is 1. The Labute approximate surface area is 108 Å². The van der Waals surface area contributed by atoms with Crippen molar-refractivity contribution in [1.82, 2.24) is 9.97 Å². The number of carboxylic acids is 1. The predicted molar refractivity (Wildman–Crippen MR) is 70.6 cm³/mol. The minimum atomic E-state index is -0.780. The molecule has 1 heterocycles. The highest BCUT2D eigenvalue weighted by molar-refractivity contribution is 5.67. The largest absolute Gasteiger partial charge is 0.481 e. The summed E-state index contributed by atoms with van der Waals surface area (Å²) < 4.78 is 0. The van der Waals surface area contributed by atoms with Crippen LogP contribution < -0.4 is 0 Å². The van der Waals surface area contributed by atoms with Gasteiger partial charge in [0.15, 0.2) is 0 Å². The van der Waals surface area contributed by atoms with Gasteiger partial charge in [0, 0.05) is 24.2 Å². The molecule has 0 aliphatic heterocycles. The number of aryl methyl sites for hydroxylation is 3. The highest BCUT2D eigenvalue weighted by atomic mass is 16.4. The van der Waals surface area contributed by atoms with Crippen LogP contribution in [0.3, 0.4) is 0 Å². The highest BCUT2D eigenvalue weighted by Gasteiger charge is 2.10. The molecule has 1 N–H and O–H groups in total. The maximum absolute atomic E-state index is 10.6. The number of rotatable bonds is 6. The molecule has 0 aromatic carbocycles. The molecule has 0 radical (unpaired) electrons. The molecule has 1 rings (SSSR count). The minimum Gasteiger partial charge on any atom is -0.481 e. The second-order valence-electron chi connectivity index (χ2n) is 5.12. The number of carbonyl (C=O) groups is 1. The average Bonchev–Trinajstić information content (AvgIpc) is 2.24. The van der Waals surface area contributed by atoms with Gasteiger partial charge in [-0.1, -0.05) is 13.8 Å². The first kappa shape index (κ1) is 14.6. The van der Waals surface area contributed by atoms with Crippen molar-refractivity contribution in [3.8, 4) is 0 Å². The Bertz CT molecular complexity index is 405. The van der Waals surface area contributed by atoms with Crippen molar-refractivity contribution in [2.75, 3.05) is 0 Å². The average molecular weight is 250 g/mol. The van der Waals surface area contributed by atoms with E-state index in [1.807, 2.05) is 13.8 Å². The molecule has 0 aliphatic rings. The predicted octanol–water partition coefficient (Wildman–Crippen LogP) is 2.70. The lowest BCUT2D eigenvalue weighted by atomic mass is 10.1. The molecule has 1 aromatic heterocycles. The minimum absolute atomic E-state index is 0.135. The van der Waals surface area contributed by atoms with Crippen molar-refractivity contribution in [1.29, 1.82) is 0 Å². The maximum atomic E-state index is 10.6. The second kappa shape index (κ2) is 6.47. The lowest BCUT2D eigenvalue weighted by Crippen LogP contribution is -2.08. The highest BCUT2D eigenvalue weighted by Crippen LogP contribution is 2.14. The topological polar surface area (TPSA) is 63.1 Å². The Hall–Kier alpha value is -1.45. The smallest absolute Gasteiger partial charge is 0.303 e. The summed E-state index contributed by atoms with van der Waals surface area (Å²) >= 11 is 0. The molecule has 0 unspecified atom stereocenters. The van der Waals surface area contributed by atoms with Gasteiger partial charge in [0.25, 0.3) is 0 Å². The SMILES string of the molecule is Cc1nc(CCC(C)C)nc(C)c1CCC(=O)O. The summed E-state index contributed by atoms with van der Waals surface area (Å²) in [4.78, 5) is 19.6. The van der Waals surface area contributed by atoms with E-state index in [2.05, 4.69) is 23.8 Å². The Kier molecular flexibility index (Phi) is 5.25. The molecule has 0 aliphatic carbocycles. The van der Waals surface area contributed by atoms with Crippen molar-refractivity contribution in [2.24, 2.45) is 5.92 Å². The first-order chi connectivity index (χ1) is 8.40. The molecule has 100 valence electrons. The summed E-state index contributed by atoms with van der Waals surface area (Å²) in [7, 11) is 0. The lowest BCUT2D eigenvalue weighted by Gasteiger charge is -2.10. The van der Waals surface area contributed by atoms with E-state index in [9.17, 15) is 4.79 Å².